The number of H-pyrrole nitrogens is 1. The van der Waals surface area contributed by atoms with Gasteiger partial charge in [-0.15, -0.1) is 0 Å². The molecule has 7 nitrogen and oxygen atoms in total. The molecule has 0 saturated heterocycles. The van der Waals surface area contributed by atoms with Crippen LogP contribution in [-0.2, 0) is 0 Å². The van der Waals surface area contributed by atoms with E-state index in [1.165, 1.54) is 0 Å². The summed E-state index contributed by atoms with van der Waals surface area (Å²) in [6.45, 7) is 0. The Kier molecular flexibility index (Phi) is 2.41. The molecule has 88 valence electrons. The fourth-order valence-corrected chi connectivity index (χ4v) is 1.48. The highest BCUT2D eigenvalue weighted by molar-refractivity contribution is 5.60. The van der Waals surface area contributed by atoms with Crippen molar-refractivity contribution in [1.82, 2.24) is 25.1 Å². The molecule has 0 aliphatic rings. The summed E-state index contributed by atoms with van der Waals surface area (Å²) in [6.07, 6.45) is 4.94. The number of nitrogens with one attached hydrogen (secondary N) is 1. The number of hydrogen-bond donors (Lipinski definition) is 1. The minimum atomic E-state index is -0.636. The lowest BCUT2D eigenvalue weighted by atomic mass is 10.2. The highest BCUT2D eigenvalue weighted by Gasteiger charge is 2.08. The molecule has 0 spiro atoms. The summed E-state index contributed by atoms with van der Waals surface area (Å²) >= 11 is 0. The first kappa shape index (κ1) is 10.3. The van der Waals surface area contributed by atoms with Crippen LogP contribution in [0.25, 0.3) is 22.9 Å². The van der Waals surface area contributed by atoms with Crippen molar-refractivity contribution in [1.29, 1.82) is 0 Å². The number of nitrogens with zero attached hydrogens (tertiary/aromatic N) is 4. The first-order valence-corrected chi connectivity index (χ1v) is 5.13. The van der Waals surface area contributed by atoms with Gasteiger partial charge in [0.2, 0.25) is 5.82 Å². The van der Waals surface area contributed by atoms with Crippen LogP contribution in [0.1, 0.15) is 0 Å². The molecule has 0 bridgehead atoms. The first-order valence-electron chi connectivity index (χ1n) is 5.13. The van der Waals surface area contributed by atoms with Crippen LogP contribution in [0.3, 0.4) is 0 Å². The van der Waals surface area contributed by atoms with E-state index in [1.807, 2.05) is 12.1 Å². The Hall–Kier alpha value is -2.83. The van der Waals surface area contributed by atoms with Crippen molar-refractivity contribution in [2.24, 2.45) is 0 Å². The van der Waals surface area contributed by atoms with E-state index in [9.17, 15) is 4.79 Å². The second-order valence-corrected chi connectivity index (χ2v) is 3.45. The van der Waals surface area contributed by atoms with Crippen LogP contribution < -0.4 is 5.76 Å². The molecule has 0 saturated carbocycles. The maximum atomic E-state index is 10.9. The van der Waals surface area contributed by atoms with E-state index in [0.29, 0.717) is 11.5 Å². The molecule has 7 heteroatoms. The predicted octanol–water partition coefficient (Wildman–Crippen LogP) is 0.882. The van der Waals surface area contributed by atoms with Crippen molar-refractivity contribution in [3.63, 3.8) is 0 Å². The van der Waals surface area contributed by atoms with Gasteiger partial charge in [0.1, 0.15) is 0 Å². The fourth-order valence-electron chi connectivity index (χ4n) is 1.48. The molecule has 0 radical (unpaired) electrons. The van der Waals surface area contributed by atoms with Crippen LogP contribution in [0.2, 0.25) is 0 Å². The molecular weight excluding hydrogens is 234 g/mol. The highest BCUT2D eigenvalue weighted by Crippen LogP contribution is 2.17. The van der Waals surface area contributed by atoms with Gasteiger partial charge < -0.3 is 0 Å². The molecule has 0 aliphatic heterocycles. The van der Waals surface area contributed by atoms with Crippen LogP contribution in [0, 0.1) is 0 Å². The Bertz CT molecular complexity index is 719. The van der Waals surface area contributed by atoms with Crippen molar-refractivity contribution in [3.05, 3.63) is 47.3 Å². The van der Waals surface area contributed by atoms with E-state index in [-0.39, 0.29) is 5.82 Å². The van der Waals surface area contributed by atoms with Gasteiger partial charge in [-0.05, 0) is 18.2 Å². The number of aromatic amines is 1. The molecule has 0 aliphatic carbocycles. The SMILES string of the molecule is O=c1[nH]c(-c2nccc(-c3ccncc3)n2)no1. The van der Waals surface area contributed by atoms with Crippen LogP contribution in [0.5, 0.6) is 0 Å². The Morgan fingerprint density at radius 3 is 2.67 bits per heavy atom. The van der Waals surface area contributed by atoms with Crippen LogP contribution >= 0.6 is 0 Å². The Morgan fingerprint density at radius 2 is 1.94 bits per heavy atom. The van der Waals surface area contributed by atoms with Crippen LogP contribution in [0.4, 0.5) is 0 Å². The molecule has 0 atom stereocenters. The summed E-state index contributed by atoms with van der Waals surface area (Å²) in [4.78, 5) is 25.5. The van der Waals surface area contributed by atoms with Crippen LogP contribution in [-0.4, -0.2) is 25.1 Å². The number of hydrogen-bond acceptors (Lipinski definition) is 6. The molecule has 0 fully saturated rings. The van der Waals surface area contributed by atoms with E-state index < -0.39 is 5.76 Å². The molecule has 18 heavy (non-hydrogen) atoms. The maximum absolute atomic E-state index is 10.9. The highest BCUT2D eigenvalue weighted by atomic mass is 16.5. The van der Waals surface area contributed by atoms with Gasteiger partial charge in [0, 0.05) is 24.2 Å². The second-order valence-electron chi connectivity index (χ2n) is 3.45. The van der Waals surface area contributed by atoms with Gasteiger partial charge in [0.15, 0.2) is 5.82 Å². The fraction of sp³-hybridized carbons (Fsp3) is 0. The van der Waals surface area contributed by atoms with Crippen molar-refractivity contribution in [3.8, 4) is 22.9 Å². The normalized spacial score (nSPS) is 10.4. The van der Waals surface area contributed by atoms with Gasteiger partial charge in [-0.3, -0.25) is 14.5 Å². The van der Waals surface area contributed by atoms with Crippen molar-refractivity contribution in [2.75, 3.05) is 0 Å². The second kappa shape index (κ2) is 4.21. The molecule has 0 aromatic carbocycles. The van der Waals surface area contributed by atoms with E-state index >= 15 is 0 Å². The minimum Gasteiger partial charge on any atom is -0.295 e. The molecule has 1 N–H and O–H groups in total. The van der Waals surface area contributed by atoms with Gasteiger partial charge >= 0.3 is 5.76 Å². The Balaban J connectivity index is 2.07. The average Bonchev–Trinajstić information content (AvgIpc) is 2.87. The van der Waals surface area contributed by atoms with Crippen molar-refractivity contribution in [2.45, 2.75) is 0 Å². The lowest BCUT2D eigenvalue weighted by molar-refractivity contribution is 0.387. The third-order valence-corrected chi connectivity index (χ3v) is 2.28. The number of aromatic nitrogens is 5. The third kappa shape index (κ3) is 1.88. The summed E-state index contributed by atoms with van der Waals surface area (Å²) in [5.74, 6) is -0.131. The quantitative estimate of drug-likeness (QED) is 0.715. The summed E-state index contributed by atoms with van der Waals surface area (Å²) in [6, 6.07) is 5.42. The monoisotopic (exact) mass is 241 g/mol. The maximum Gasteiger partial charge on any atom is 0.439 e. The largest absolute Gasteiger partial charge is 0.439 e. The number of pyridine rings is 1. The van der Waals surface area contributed by atoms with Gasteiger partial charge in [0.05, 0.1) is 5.69 Å². The van der Waals surface area contributed by atoms with Gasteiger partial charge in [-0.25, -0.2) is 14.8 Å². The Morgan fingerprint density at radius 1 is 1.11 bits per heavy atom. The summed E-state index contributed by atoms with van der Waals surface area (Å²) in [5, 5.41) is 3.54. The molecule has 3 aromatic rings. The Labute approximate surface area is 101 Å². The van der Waals surface area contributed by atoms with E-state index in [1.54, 1.807) is 24.7 Å². The standard InChI is InChI=1S/C11H7N5O2/c17-11-15-10(16-18-11)9-13-6-3-8(14-9)7-1-4-12-5-2-7/h1-6H,(H,15,16,17). The van der Waals surface area contributed by atoms with Crippen molar-refractivity contribution < 1.29 is 4.52 Å². The summed E-state index contributed by atoms with van der Waals surface area (Å²) in [7, 11) is 0. The van der Waals surface area contributed by atoms with Crippen molar-refractivity contribution >= 4 is 0 Å². The average molecular weight is 241 g/mol. The topological polar surface area (TPSA) is 97.6 Å². The lowest BCUT2D eigenvalue weighted by Crippen LogP contribution is -1.97. The lowest BCUT2D eigenvalue weighted by Gasteiger charge is -2.00. The van der Waals surface area contributed by atoms with Crippen LogP contribution in [0.15, 0.2) is 46.1 Å². The number of rotatable bonds is 2. The first-order chi connectivity index (χ1) is 8.83. The molecule has 3 heterocycles. The molecule has 0 unspecified atom stereocenters. The minimum absolute atomic E-state index is 0.205. The third-order valence-electron chi connectivity index (χ3n) is 2.28. The van der Waals surface area contributed by atoms with Gasteiger partial charge in [-0.1, -0.05) is 5.16 Å². The smallest absolute Gasteiger partial charge is 0.295 e. The van der Waals surface area contributed by atoms with Gasteiger partial charge in [-0.2, -0.15) is 0 Å². The zero-order valence-corrected chi connectivity index (χ0v) is 9.07. The molecule has 0 amide bonds. The summed E-state index contributed by atoms with van der Waals surface area (Å²) < 4.78 is 4.41. The van der Waals surface area contributed by atoms with Gasteiger partial charge in [0.25, 0.3) is 0 Å². The summed E-state index contributed by atoms with van der Waals surface area (Å²) in [5.41, 5.74) is 1.62. The predicted molar refractivity (Wildman–Crippen MR) is 61.4 cm³/mol. The van der Waals surface area contributed by atoms with E-state index in [4.69, 9.17) is 0 Å². The molecule has 3 rings (SSSR count). The zero-order chi connectivity index (χ0) is 12.4. The molecular formula is C11H7N5O2. The van der Waals surface area contributed by atoms with E-state index in [0.717, 1.165) is 5.56 Å². The van der Waals surface area contributed by atoms with E-state index in [2.05, 4.69) is 29.6 Å². The zero-order valence-electron chi connectivity index (χ0n) is 9.07. The molecule has 3 aromatic heterocycles.